The highest BCUT2D eigenvalue weighted by Crippen LogP contribution is 2.08. The first-order chi connectivity index (χ1) is 10.0. The Labute approximate surface area is 122 Å². The molecule has 0 radical (unpaired) electrons. The maximum absolute atomic E-state index is 11.5. The van der Waals surface area contributed by atoms with E-state index in [1.54, 1.807) is 19.1 Å². The highest BCUT2D eigenvalue weighted by Gasteiger charge is 2.06. The average Bonchev–Trinajstić information content (AvgIpc) is 2.46. The van der Waals surface area contributed by atoms with Gasteiger partial charge in [-0.3, -0.25) is 4.79 Å². The third-order valence-electron chi connectivity index (χ3n) is 2.32. The Morgan fingerprint density at radius 2 is 1.62 bits per heavy atom. The van der Waals surface area contributed by atoms with Gasteiger partial charge in [0.1, 0.15) is 0 Å². The van der Waals surface area contributed by atoms with E-state index < -0.39 is 24.5 Å². The summed E-state index contributed by atoms with van der Waals surface area (Å²) in [6, 6.07) is 7.19. The number of amides is 1. The van der Waals surface area contributed by atoms with Crippen LogP contribution in [0.4, 0.5) is 5.69 Å². The summed E-state index contributed by atoms with van der Waals surface area (Å²) < 4.78 is 9.28. The number of hydrogen-bond acceptors (Lipinski definition) is 5. The Balaban J connectivity index is 2.34. The summed E-state index contributed by atoms with van der Waals surface area (Å²) in [7, 11) is 0. The van der Waals surface area contributed by atoms with Crippen molar-refractivity contribution in [1.29, 1.82) is 0 Å². The van der Waals surface area contributed by atoms with E-state index in [1.165, 1.54) is 0 Å². The number of aryl methyl sites for hydroxylation is 1. The van der Waals surface area contributed by atoms with Gasteiger partial charge in [-0.1, -0.05) is 17.7 Å². The molecule has 6 nitrogen and oxygen atoms in total. The standard InChI is InChI=1S/C15H17NO5/c1-3-20-14(18)8-9-15(19)21-10-13(17)16-12-6-4-11(2)5-7-12/h4-9H,3,10H2,1-2H3,(H,16,17). The molecule has 1 aromatic carbocycles. The molecule has 0 heterocycles. The molecule has 0 saturated carbocycles. The summed E-state index contributed by atoms with van der Waals surface area (Å²) >= 11 is 0. The molecule has 1 aromatic rings. The molecule has 0 atom stereocenters. The fourth-order valence-electron chi connectivity index (χ4n) is 1.35. The van der Waals surface area contributed by atoms with Crippen LogP contribution >= 0.6 is 0 Å². The summed E-state index contributed by atoms with van der Waals surface area (Å²) in [6.07, 6.45) is 1.86. The molecule has 112 valence electrons. The first kappa shape index (κ1) is 16.4. The zero-order valence-electron chi connectivity index (χ0n) is 11.9. The zero-order valence-corrected chi connectivity index (χ0v) is 11.9. The second kappa shape index (κ2) is 8.52. The highest BCUT2D eigenvalue weighted by molar-refractivity contribution is 5.95. The summed E-state index contributed by atoms with van der Waals surface area (Å²) in [5, 5.41) is 2.58. The van der Waals surface area contributed by atoms with E-state index in [9.17, 15) is 14.4 Å². The fraction of sp³-hybridized carbons (Fsp3) is 0.267. The van der Waals surface area contributed by atoms with Gasteiger partial charge >= 0.3 is 11.9 Å². The van der Waals surface area contributed by atoms with E-state index in [4.69, 9.17) is 0 Å². The third kappa shape index (κ3) is 6.91. The van der Waals surface area contributed by atoms with Crippen LogP contribution in [0.25, 0.3) is 0 Å². The summed E-state index contributed by atoms with van der Waals surface area (Å²) in [6.45, 7) is 3.37. The van der Waals surface area contributed by atoms with Crippen molar-refractivity contribution < 1.29 is 23.9 Å². The van der Waals surface area contributed by atoms with Crippen LogP contribution in [0.3, 0.4) is 0 Å². The van der Waals surface area contributed by atoms with Crippen molar-refractivity contribution in [3.05, 3.63) is 42.0 Å². The third-order valence-corrected chi connectivity index (χ3v) is 2.32. The van der Waals surface area contributed by atoms with Gasteiger partial charge < -0.3 is 14.8 Å². The normalized spacial score (nSPS) is 10.2. The minimum absolute atomic E-state index is 0.219. The number of benzene rings is 1. The lowest BCUT2D eigenvalue weighted by Crippen LogP contribution is -2.20. The molecule has 1 amide bonds. The molecular formula is C15H17NO5. The Hall–Kier alpha value is -2.63. The van der Waals surface area contributed by atoms with Crippen molar-refractivity contribution in [2.45, 2.75) is 13.8 Å². The van der Waals surface area contributed by atoms with E-state index in [0.717, 1.165) is 17.7 Å². The molecule has 0 aliphatic rings. The van der Waals surface area contributed by atoms with Crippen molar-refractivity contribution in [3.8, 4) is 0 Å². The van der Waals surface area contributed by atoms with E-state index in [2.05, 4.69) is 14.8 Å². The van der Waals surface area contributed by atoms with Crippen LogP contribution in [0, 0.1) is 6.92 Å². The number of esters is 2. The van der Waals surface area contributed by atoms with Crippen molar-refractivity contribution in [2.75, 3.05) is 18.5 Å². The van der Waals surface area contributed by atoms with Gasteiger partial charge in [0.05, 0.1) is 6.61 Å². The second-order valence-electron chi connectivity index (χ2n) is 4.11. The van der Waals surface area contributed by atoms with Crippen LogP contribution < -0.4 is 5.32 Å². The average molecular weight is 291 g/mol. The quantitative estimate of drug-likeness (QED) is 0.636. The maximum atomic E-state index is 11.5. The zero-order chi connectivity index (χ0) is 15.7. The summed E-state index contributed by atoms with van der Waals surface area (Å²) in [5.41, 5.74) is 1.69. The van der Waals surface area contributed by atoms with Crippen molar-refractivity contribution in [3.63, 3.8) is 0 Å². The first-order valence-corrected chi connectivity index (χ1v) is 6.39. The van der Waals surface area contributed by atoms with Gasteiger partial charge in [-0.25, -0.2) is 9.59 Å². The van der Waals surface area contributed by atoms with Crippen LogP contribution in [0.1, 0.15) is 12.5 Å². The second-order valence-corrected chi connectivity index (χ2v) is 4.11. The Bertz CT molecular complexity index is 533. The Kier molecular flexibility index (Phi) is 6.67. The highest BCUT2D eigenvalue weighted by atomic mass is 16.5. The minimum atomic E-state index is -0.790. The lowest BCUT2D eigenvalue weighted by atomic mass is 10.2. The number of anilines is 1. The van der Waals surface area contributed by atoms with Crippen LogP contribution in [0.5, 0.6) is 0 Å². The number of rotatable bonds is 6. The van der Waals surface area contributed by atoms with Crippen LogP contribution in [0.15, 0.2) is 36.4 Å². The van der Waals surface area contributed by atoms with Crippen molar-refractivity contribution in [2.24, 2.45) is 0 Å². The van der Waals surface area contributed by atoms with E-state index in [0.29, 0.717) is 5.69 Å². The predicted octanol–water partition coefficient (Wildman–Crippen LogP) is 1.60. The monoisotopic (exact) mass is 291 g/mol. The van der Waals surface area contributed by atoms with Crippen LogP contribution in [-0.4, -0.2) is 31.1 Å². The van der Waals surface area contributed by atoms with Gasteiger partial charge in [0, 0.05) is 17.8 Å². The Morgan fingerprint density at radius 3 is 2.19 bits per heavy atom. The molecule has 0 aliphatic heterocycles. The molecule has 0 spiro atoms. The van der Waals surface area contributed by atoms with Gasteiger partial charge in [0.15, 0.2) is 6.61 Å². The Morgan fingerprint density at radius 1 is 1.05 bits per heavy atom. The molecular weight excluding hydrogens is 274 g/mol. The molecule has 1 N–H and O–H groups in total. The predicted molar refractivity (Wildman–Crippen MR) is 76.5 cm³/mol. The molecule has 0 bridgehead atoms. The lowest BCUT2D eigenvalue weighted by Gasteiger charge is -2.05. The number of carbonyl (C=O) groups is 3. The largest absolute Gasteiger partial charge is 0.463 e. The maximum Gasteiger partial charge on any atom is 0.331 e. The van der Waals surface area contributed by atoms with Gasteiger partial charge in [0.25, 0.3) is 5.91 Å². The van der Waals surface area contributed by atoms with Crippen molar-refractivity contribution in [1.82, 2.24) is 0 Å². The van der Waals surface area contributed by atoms with Crippen LogP contribution in [-0.2, 0) is 23.9 Å². The SMILES string of the molecule is CCOC(=O)C=CC(=O)OCC(=O)Nc1ccc(C)cc1. The fourth-order valence-corrected chi connectivity index (χ4v) is 1.35. The molecule has 0 unspecified atom stereocenters. The minimum Gasteiger partial charge on any atom is -0.463 e. The number of carbonyl (C=O) groups excluding carboxylic acids is 3. The molecule has 0 saturated heterocycles. The lowest BCUT2D eigenvalue weighted by molar-refractivity contribution is -0.143. The number of hydrogen-bond donors (Lipinski definition) is 1. The molecule has 0 aromatic heterocycles. The van der Waals surface area contributed by atoms with E-state index in [-0.39, 0.29) is 6.61 Å². The van der Waals surface area contributed by atoms with Gasteiger partial charge in [-0.05, 0) is 26.0 Å². The topological polar surface area (TPSA) is 81.7 Å². The molecule has 0 aliphatic carbocycles. The number of ether oxygens (including phenoxy) is 2. The van der Waals surface area contributed by atoms with Crippen LogP contribution in [0.2, 0.25) is 0 Å². The van der Waals surface area contributed by atoms with Gasteiger partial charge in [0.2, 0.25) is 0 Å². The molecule has 0 fully saturated rings. The molecule has 1 rings (SSSR count). The summed E-state index contributed by atoms with van der Waals surface area (Å²) in [5.74, 6) is -1.89. The van der Waals surface area contributed by atoms with Gasteiger partial charge in [-0.15, -0.1) is 0 Å². The molecule has 21 heavy (non-hydrogen) atoms. The number of nitrogens with one attached hydrogen (secondary N) is 1. The first-order valence-electron chi connectivity index (χ1n) is 6.39. The van der Waals surface area contributed by atoms with E-state index in [1.807, 2.05) is 19.1 Å². The van der Waals surface area contributed by atoms with Gasteiger partial charge in [-0.2, -0.15) is 0 Å². The smallest absolute Gasteiger partial charge is 0.331 e. The summed E-state index contributed by atoms with van der Waals surface area (Å²) in [4.78, 5) is 33.8. The van der Waals surface area contributed by atoms with E-state index >= 15 is 0 Å². The van der Waals surface area contributed by atoms with Crippen molar-refractivity contribution >= 4 is 23.5 Å². The molecule has 6 heteroatoms.